The van der Waals surface area contributed by atoms with Gasteiger partial charge < -0.3 is 66.3 Å². The molecule has 23 nitrogen and oxygen atoms in total. The van der Waals surface area contributed by atoms with Gasteiger partial charge in [-0.2, -0.15) is 0 Å². The zero-order valence-corrected chi connectivity index (χ0v) is 38.8. The molecule has 0 aliphatic carbocycles. The quantitative estimate of drug-likeness (QED) is 0.0682. The molecule has 0 aromatic carbocycles. The summed E-state index contributed by atoms with van der Waals surface area (Å²) in [5.74, 6) is -9.21. The minimum absolute atomic E-state index is 0.0520. The highest BCUT2D eigenvalue weighted by atomic mass is 16.8. The van der Waals surface area contributed by atoms with E-state index in [-0.39, 0.29) is 13.0 Å². The summed E-state index contributed by atoms with van der Waals surface area (Å²) >= 11 is 0. The van der Waals surface area contributed by atoms with Crippen LogP contribution in [0.15, 0.2) is 12.7 Å². The molecular weight excluding hydrogens is 884 g/mol. The highest BCUT2D eigenvalue weighted by Crippen LogP contribution is 2.41. The number of carbonyl (C=O) groups excluding carboxylic acids is 9. The van der Waals surface area contributed by atoms with E-state index in [2.05, 4.69) is 6.58 Å². The Bertz CT molecular complexity index is 1730. The zero-order chi connectivity index (χ0) is 49.4. The molecule has 0 radical (unpaired) electrons. The molecule has 15 unspecified atom stereocenters. The van der Waals surface area contributed by atoms with E-state index < -0.39 is 165 Å². The SMILES string of the molecule is C=CCCCOC1OC(COC(C)=O)C(OC2OC(COC(C)=O)C(CC3OC(COC(C)=O)C(OC(C)=O)C(OC(C)=O)C3C)C(OC(C)=O)C2OC(C)=O)C(OC(C)=O)C1OC(C)=O. The van der Waals surface area contributed by atoms with Crippen molar-refractivity contribution in [3.63, 3.8) is 0 Å². The van der Waals surface area contributed by atoms with Gasteiger partial charge in [0, 0.05) is 74.1 Å². The van der Waals surface area contributed by atoms with E-state index in [1.807, 2.05) is 0 Å². The fourth-order valence-electron chi connectivity index (χ4n) is 7.84. The zero-order valence-electron chi connectivity index (χ0n) is 38.8. The summed E-state index contributed by atoms with van der Waals surface area (Å²) in [7, 11) is 0. The first kappa shape index (κ1) is 55.1. The molecule has 0 aromatic heterocycles. The lowest BCUT2D eigenvalue weighted by molar-refractivity contribution is -0.359. The van der Waals surface area contributed by atoms with Crippen LogP contribution < -0.4 is 0 Å². The van der Waals surface area contributed by atoms with E-state index in [9.17, 15) is 43.2 Å². The van der Waals surface area contributed by atoms with Gasteiger partial charge in [-0.1, -0.05) is 13.0 Å². The molecule has 3 saturated heterocycles. The van der Waals surface area contributed by atoms with Gasteiger partial charge in [0.2, 0.25) is 0 Å². The summed E-state index contributed by atoms with van der Waals surface area (Å²) in [6.45, 7) is 13.7. The molecule has 3 fully saturated rings. The van der Waals surface area contributed by atoms with Crippen molar-refractivity contribution in [1.29, 1.82) is 0 Å². The maximum atomic E-state index is 13.0. The minimum Gasteiger partial charge on any atom is -0.463 e. The van der Waals surface area contributed by atoms with E-state index in [1.165, 1.54) is 0 Å². The van der Waals surface area contributed by atoms with Gasteiger partial charge in [-0.15, -0.1) is 6.58 Å². The number of ether oxygens (including phenoxy) is 14. The summed E-state index contributed by atoms with van der Waals surface area (Å²) < 4.78 is 81.8. The summed E-state index contributed by atoms with van der Waals surface area (Å²) in [4.78, 5) is 112. The average Bonchev–Trinajstić information content (AvgIpc) is 3.19. The molecule has 3 aliphatic rings. The highest BCUT2D eigenvalue weighted by molar-refractivity contribution is 5.69. The van der Waals surface area contributed by atoms with Crippen molar-refractivity contribution in [3.05, 3.63) is 12.7 Å². The van der Waals surface area contributed by atoms with Crippen molar-refractivity contribution in [1.82, 2.24) is 0 Å². The van der Waals surface area contributed by atoms with Crippen LogP contribution in [0, 0.1) is 11.8 Å². The number of carbonyl (C=O) groups is 9. The van der Waals surface area contributed by atoms with E-state index >= 15 is 0 Å². The van der Waals surface area contributed by atoms with Crippen LogP contribution in [-0.2, 0) is 109 Å². The van der Waals surface area contributed by atoms with Crippen molar-refractivity contribution in [2.75, 3.05) is 26.4 Å². The monoisotopic (exact) mass is 946 g/mol. The third-order valence-electron chi connectivity index (χ3n) is 10.3. The van der Waals surface area contributed by atoms with Crippen LogP contribution >= 0.6 is 0 Å². The smallest absolute Gasteiger partial charge is 0.303 e. The summed E-state index contributed by atoms with van der Waals surface area (Å²) in [6.07, 6.45) is -16.2. The molecule has 3 heterocycles. The van der Waals surface area contributed by atoms with Crippen molar-refractivity contribution in [2.24, 2.45) is 11.8 Å². The minimum atomic E-state index is -1.83. The van der Waals surface area contributed by atoms with Crippen molar-refractivity contribution < 1.29 is 109 Å². The van der Waals surface area contributed by atoms with Crippen LogP contribution in [0.1, 0.15) is 88.5 Å². The Labute approximate surface area is 381 Å². The summed E-state index contributed by atoms with van der Waals surface area (Å²) in [6, 6.07) is 0. The normalized spacial score (nSPS) is 31.7. The van der Waals surface area contributed by atoms with Crippen LogP contribution in [0.2, 0.25) is 0 Å². The molecule has 15 atom stereocenters. The predicted octanol–water partition coefficient (Wildman–Crippen LogP) is 1.49. The van der Waals surface area contributed by atoms with Gasteiger partial charge >= 0.3 is 53.7 Å². The molecule has 372 valence electrons. The van der Waals surface area contributed by atoms with Gasteiger partial charge in [0.25, 0.3) is 0 Å². The lowest BCUT2D eigenvalue weighted by atomic mass is 9.78. The topological polar surface area (TPSA) is 283 Å². The van der Waals surface area contributed by atoms with Crippen LogP contribution in [0.5, 0.6) is 0 Å². The number of allylic oxidation sites excluding steroid dienone is 1. The molecule has 23 heteroatoms. The van der Waals surface area contributed by atoms with Gasteiger partial charge in [0.15, 0.2) is 37.0 Å². The van der Waals surface area contributed by atoms with Gasteiger partial charge in [-0.05, 0) is 19.3 Å². The Morgan fingerprint density at radius 1 is 0.455 bits per heavy atom. The number of esters is 9. The van der Waals surface area contributed by atoms with Gasteiger partial charge in [-0.3, -0.25) is 43.2 Å². The largest absolute Gasteiger partial charge is 0.463 e. The standard InChI is InChI=1S/C43H62O23/c1-12-13-14-15-53-42-41(62-29(11)52)39(60-27(9)50)38(34(65-42)19-56-23(5)46)66-43-40(61-28(10)51)36(58-25(7)48)30(32(64-43)17-54-21(3)44)16-31-20(2)35(57-24(6)47)37(59-26(8)49)33(63-31)18-55-22(4)45/h12,20,30-43H,1,13-19H2,2-11H3. The molecular formula is C43H62O23. The lowest BCUT2D eigenvalue weighted by Gasteiger charge is -2.50. The second-order valence-corrected chi connectivity index (χ2v) is 15.8. The molecule has 66 heavy (non-hydrogen) atoms. The third kappa shape index (κ3) is 16.9. The van der Waals surface area contributed by atoms with Crippen LogP contribution in [0.3, 0.4) is 0 Å². The van der Waals surface area contributed by atoms with Gasteiger partial charge in [-0.25, -0.2) is 0 Å². The van der Waals surface area contributed by atoms with Gasteiger partial charge in [0.05, 0.1) is 12.7 Å². The summed E-state index contributed by atoms with van der Waals surface area (Å²) in [5.41, 5.74) is 0. The maximum Gasteiger partial charge on any atom is 0.303 e. The molecule has 0 aromatic rings. The molecule has 0 bridgehead atoms. The van der Waals surface area contributed by atoms with Crippen molar-refractivity contribution in [3.8, 4) is 0 Å². The maximum absolute atomic E-state index is 13.0. The fraction of sp³-hybridized carbons (Fsp3) is 0.744. The Kier molecular flexibility index (Phi) is 21.9. The summed E-state index contributed by atoms with van der Waals surface area (Å²) in [5, 5.41) is 0. The lowest BCUT2D eigenvalue weighted by Crippen LogP contribution is -2.66. The van der Waals surface area contributed by atoms with Crippen LogP contribution in [-0.4, -0.2) is 160 Å². The second-order valence-electron chi connectivity index (χ2n) is 15.8. The third-order valence-corrected chi connectivity index (χ3v) is 10.3. The average molecular weight is 947 g/mol. The molecule has 0 N–H and O–H groups in total. The Balaban J connectivity index is 2.22. The Morgan fingerprint density at radius 2 is 0.864 bits per heavy atom. The number of unbranched alkanes of at least 4 members (excludes halogenated alkanes) is 1. The molecule has 0 amide bonds. The highest BCUT2D eigenvalue weighted by Gasteiger charge is 2.58. The van der Waals surface area contributed by atoms with E-state index in [4.69, 9.17) is 66.3 Å². The van der Waals surface area contributed by atoms with E-state index in [0.29, 0.717) is 12.8 Å². The second kappa shape index (κ2) is 26.2. The predicted molar refractivity (Wildman–Crippen MR) is 217 cm³/mol. The fourth-order valence-corrected chi connectivity index (χ4v) is 7.84. The first-order valence-electron chi connectivity index (χ1n) is 21.3. The molecule has 3 aliphatic heterocycles. The Morgan fingerprint density at radius 3 is 1.35 bits per heavy atom. The molecule has 3 rings (SSSR count). The molecule has 0 spiro atoms. The van der Waals surface area contributed by atoms with E-state index in [1.54, 1.807) is 13.0 Å². The van der Waals surface area contributed by atoms with Crippen molar-refractivity contribution >= 4 is 53.7 Å². The first-order valence-corrected chi connectivity index (χ1v) is 21.3. The molecule has 0 saturated carbocycles. The number of rotatable bonds is 21. The van der Waals surface area contributed by atoms with Gasteiger partial charge in [0.1, 0.15) is 56.4 Å². The van der Waals surface area contributed by atoms with E-state index in [0.717, 1.165) is 62.3 Å². The number of hydrogen-bond donors (Lipinski definition) is 0. The first-order chi connectivity index (χ1) is 31.0. The van der Waals surface area contributed by atoms with Crippen LogP contribution in [0.25, 0.3) is 0 Å². The van der Waals surface area contributed by atoms with Crippen LogP contribution in [0.4, 0.5) is 0 Å². The Hall–Kier alpha value is -5.23. The number of hydrogen-bond acceptors (Lipinski definition) is 23. The van der Waals surface area contributed by atoms with Crippen molar-refractivity contribution in [2.45, 2.75) is 168 Å².